The van der Waals surface area contributed by atoms with E-state index in [2.05, 4.69) is 4.52 Å². The van der Waals surface area contributed by atoms with Gasteiger partial charge in [0.15, 0.2) is 11.6 Å². The third-order valence-corrected chi connectivity index (χ3v) is 9.13. The molecule has 0 spiro atoms. The Hall–Kier alpha value is 0.820. The van der Waals surface area contributed by atoms with Crippen molar-refractivity contribution in [2.75, 3.05) is 6.61 Å². The number of carbonyl (C=O) groups excluding carboxylic acids is 2. The van der Waals surface area contributed by atoms with Gasteiger partial charge in [0.2, 0.25) is 0 Å². The second kappa shape index (κ2) is 9.94. The quantitative estimate of drug-likeness (QED) is 0.236. The first kappa shape index (κ1) is 30.0. The van der Waals surface area contributed by atoms with Crippen LogP contribution in [0.2, 0.25) is 0 Å². The fourth-order valence-electron chi connectivity index (χ4n) is 7.05. The number of ketones is 2. The van der Waals surface area contributed by atoms with Crippen molar-refractivity contribution in [2.45, 2.75) is 64.6 Å². The number of allylic oxidation sites excluding steroid dienone is 4. The minimum absolute atomic E-state index is 0. The largest absolute Gasteiger partial charge is 1.00 e. The molecule has 172 valence electrons. The molecule has 4 aliphatic carbocycles. The minimum atomic E-state index is -5.36. The van der Waals surface area contributed by atoms with Gasteiger partial charge in [0.05, 0.1) is 7.82 Å². The van der Waals surface area contributed by atoms with Crippen molar-refractivity contribution in [2.24, 2.45) is 28.6 Å². The normalized spacial score (nSPS) is 42.0. The number of rotatable bonds is 4. The summed E-state index contributed by atoms with van der Waals surface area (Å²) in [6.45, 7) is 4.47. The van der Waals surface area contributed by atoms with Crippen LogP contribution in [0, 0.1) is 28.6 Å². The number of hydrogen-bond donors (Lipinski definition) is 1. The van der Waals surface area contributed by atoms with E-state index in [0.29, 0.717) is 31.3 Å². The summed E-state index contributed by atoms with van der Waals surface area (Å²) in [6, 6.07) is 0. The number of fused-ring (bicyclic) bond motifs is 5. The summed E-state index contributed by atoms with van der Waals surface area (Å²) in [7, 11) is -5.36. The van der Waals surface area contributed by atoms with E-state index < -0.39 is 48.7 Å². The molecule has 0 aliphatic heterocycles. The molecular weight excluding hydrogens is 472 g/mol. The van der Waals surface area contributed by atoms with E-state index in [1.54, 1.807) is 13.8 Å². The summed E-state index contributed by atoms with van der Waals surface area (Å²) in [4.78, 5) is 46.5. The summed E-state index contributed by atoms with van der Waals surface area (Å²) in [6.07, 6.45) is 4.08. The minimum Gasteiger partial charge on any atom is -0.790 e. The van der Waals surface area contributed by atoms with E-state index in [-0.39, 0.29) is 83.2 Å². The molecule has 0 amide bonds. The molecule has 0 aromatic carbocycles. The molecule has 33 heavy (non-hydrogen) atoms. The average Bonchev–Trinajstić information content (AvgIpc) is 2.89. The number of alkyl halides is 1. The molecule has 2 fully saturated rings. The van der Waals surface area contributed by atoms with Gasteiger partial charge in [-0.2, -0.15) is 0 Å². The summed E-state index contributed by atoms with van der Waals surface area (Å²) in [5.41, 5.74) is -1.78. The van der Waals surface area contributed by atoms with Crippen molar-refractivity contribution in [3.05, 3.63) is 23.3 Å². The molecule has 7 atom stereocenters. The Morgan fingerprint density at radius 2 is 1.91 bits per heavy atom. The fourth-order valence-corrected chi connectivity index (χ4v) is 7.32. The van der Waals surface area contributed by atoms with Gasteiger partial charge in [-0.1, -0.05) is 32.4 Å². The van der Waals surface area contributed by atoms with Crippen LogP contribution in [0.3, 0.4) is 0 Å². The van der Waals surface area contributed by atoms with Crippen LogP contribution in [0.25, 0.3) is 0 Å². The Morgan fingerprint density at radius 1 is 1.27 bits per heavy atom. The Labute approximate surface area is 237 Å². The number of Topliss-reactive ketones (excluding diaryl/α,β-unsaturated/α-hetero) is 1. The Balaban J connectivity index is 0.00000193. The molecule has 0 saturated heterocycles. The molecule has 0 heterocycles. The smallest absolute Gasteiger partial charge is 0.790 e. The number of hydrogen-bond acceptors (Lipinski definition) is 7. The van der Waals surface area contributed by atoms with Gasteiger partial charge >= 0.3 is 59.1 Å². The van der Waals surface area contributed by atoms with Gasteiger partial charge in [-0.15, -0.1) is 0 Å². The van der Waals surface area contributed by atoms with Crippen molar-refractivity contribution < 1.29 is 97.1 Å². The maximum atomic E-state index is 15.3. The standard InChI is InChI=1S/C22H30FO7P.2Na/c1-12-8-16-14-10-18(23)17-9-13(24)4-6-20(17,2)15(14)5-7-21(16,3)22(12,26)19(25)11-30-31(27,28)29;;/h5,9,12,14,16,18,26H,4,6-8,10-11H2,1-3H3,(H2,27,28,29);;/q;2*+1/p-2/t12-,14?,16?,18-,20+,21-,22-;;/m0../s1. The predicted octanol–water partition coefficient (Wildman–Crippen LogP) is -4.21. The monoisotopic (exact) mass is 500 g/mol. The second-order valence-corrected chi connectivity index (χ2v) is 11.3. The molecule has 0 bridgehead atoms. The van der Waals surface area contributed by atoms with E-state index >= 15 is 4.39 Å². The van der Waals surface area contributed by atoms with E-state index in [0.717, 1.165) is 5.57 Å². The van der Waals surface area contributed by atoms with Crippen LogP contribution < -0.4 is 68.9 Å². The second-order valence-electron chi connectivity index (χ2n) is 10.1. The van der Waals surface area contributed by atoms with Gasteiger partial charge in [0.25, 0.3) is 0 Å². The van der Waals surface area contributed by atoms with E-state index in [4.69, 9.17) is 0 Å². The molecule has 0 radical (unpaired) electrons. The van der Waals surface area contributed by atoms with Gasteiger partial charge in [0, 0.05) is 17.3 Å². The van der Waals surface area contributed by atoms with E-state index in [1.807, 2.05) is 13.0 Å². The first-order valence-electron chi connectivity index (χ1n) is 10.8. The Kier molecular flexibility index (Phi) is 9.05. The van der Waals surface area contributed by atoms with Crippen molar-refractivity contribution >= 4 is 19.4 Å². The van der Waals surface area contributed by atoms with Gasteiger partial charge in [0.1, 0.15) is 18.4 Å². The first-order chi connectivity index (χ1) is 14.2. The van der Waals surface area contributed by atoms with Crippen molar-refractivity contribution in [1.82, 2.24) is 0 Å². The van der Waals surface area contributed by atoms with E-state index in [9.17, 15) is 29.0 Å². The third kappa shape index (κ3) is 4.66. The Bertz CT molecular complexity index is 949. The number of halogens is 1. The summed E-state index contributed by atoms with van der Waals surface area (Å²) in [5, 5.41) is 11.6. The topological polar surface area (TPSA) is 127 Å². The number of aliphatic hydroxyl groups is 1. The van der Waals surface area contributed by atoms with Crippen molar-refractivity contribution in [3.8, 4) is 0 Å². The number of phosphoric ester groups is 1. The van der Waals surface area contributed by atoms with Crippen LogP contribution in [0.5, 0.6) is 0 Å². The van der Waals surface area contributed by atoms with Gasteiger partial charge in [-0.05, 0) is 55.1 Å². The summed E-state index contributed by atoms with van der Waals surface area (Å²) >= 11 is 0. The molecule has 7 nitrogen and oxygen atoms in total. The molecule has 4 aliphatic rings. The Morgan fingerprint density at radius 3 is 2.52 bits per heavy atom. The van der Waals surface area contributed by atoms with Crippen LogP contribution in [-0.2, 0) is 18.7 Å². The number of phosphoric acid groups is 1. The summed E-state index contributed by atoms with van der Waals surface area (Å²) in [5.74, 6) is -1.80. The molecule has 1 N–H and O–H groups in total. The zero-order valence-electron chi connectivity index (χ0n) is 19.9. The maximum Gasteiger partial charge on any atom is 1.00 e. The number of carbonyl (C=O) groups is 2. The van der Waals surface area contributed by atoms with E-state index in [1.165, 1.54) is 6.08 Å². The van der Waals surface area contributed by atoms with Crippen LogP contribution >= 0.6 is 7.82 Å². The zero-order valence-corrected chi connectivity index (χ0v) is 24.8. The van der Waals surface area contributed by atoms with Gasteiger partial charge < -0.3 is 24.0 Å². The van der Waals surface area contributed by atoms with Crippen LogP contribution in [-0.4, -0.2) is 35.1 Å². The molecular formula is C22H28FNa2O7P. The molecule has 2 unspecified atom stereocenters. The van der Waals surface area contributed by atoms with Crippen molar-refractivity contribution in [3.63, 3.8) is 0 Å². The molecule has 11 heteroatoms. The fraction of sp³-hybridized carbons (Fsp3) is 0.727. The SMILES string of the molecule is C[C@H]1CC2C3C[C@H](F)C4=CC(=O)CC[C@]4(C)C3=CC[C@]2(C)[C@@]1(O)C(=O)COP(=O)([O-])[O-].[Na+].[Na+]. The summed E-state index contributed by atoms with van der Waals surface area (Å²) < 4.78 is 30.3. The van der Waals surface area contributed by atoms with Crippen LogP contribution in [0.1, 0.15) is 52.9 Å². The third-order valence-electron chi connectivity index (χ3n) is 8.68. The predicted molar refractivity (Wildman–Crippen MR) is 105 cm³/mol. The van der Waals surface area contributed by atoms with Gasteiger partial charge in [-0.3, -0.25) is 9.59 Å². The van der Waals surface area contributed by atoms with Crippen LogP contribution in [0.4, 0.5) is 4.39 Å². The van der Waals surface area contributed by atoms with Crippen LogP contribution in [0.15, 0.2) is 23.3 Å². The molecule has 2 saturated carbocycles. The zero-order chi connectivity index (χ0) is 23.0. The molecule has 0 aromatic rings. The average molecular weight is 500 g/mol. The maximum absolute atomic E-state index is 15.3. The molecule has 4 rings (SSSR count). The molecule has 0 aromatic heterocycles. The van der Waals surface area contributed by atoms with Crippen molar-refractivity contribution in [1.29, 1.82) is 0 Å². The first-order valence-corrected chi connectivity index (χ1v) is 12.2. The van der Waals surface area contributed by atoms with Gasteiger partial charge in [-0.25, -0.2) is 4.39 Å².